The molecular formula is C15H25O4. The van der Waals surface area contributed by atoms with Crippen LogP contribution >= 0.6 is 0 Å². The summed E-state index contributed by atoms with van der Waals surface area (Å²) in [7, 11) is 0. The number of rotatable bonds is 14. The summed E-state index contributed by atoms with van der Waals surface area (Å²) in [5.41, 5.74) is 0. The number of carbonyl (C=O) groups excluding carboxylic acids is 3. The topological polar surface area (TPSA) is 71.4 Å². The first-order valence-corrected chi connectivity index (χ1v) is 7.20. The van der Waals surface area contributed by atoms with E-state index in [2.05, 4.69) is 0 Å². The van der Waals surface area contributed by atoms with Gasteiger partial charge in [0.2, 0.25) is 0 Å². The van der Waals surface area contributed by atoms with Crippen molar-refractivity contribution in [3.05, 3.63) is 0 Å². The molecule has 4 nitrogen and oxygen atoms in total. The molecule has 0 heterocycles. The molecule has 0 aromatic carbocycles. The van der Waals surface area contributed by atoms with Gasteiger partial charge in [-0.15, -0.1) is 0 Å². The highest BCUT2D eigenvalue weighted by molar-refractivity contribution is 5.79. The van der Waals surface area contributed by atoms with Crippen LogP contribution in [0.5, 0.6) is 0 Å². The lowest BCUT2D eigenvalue weighted by Crippen LogP contribution is -2.01. The standard InChI is InChI=1S/C15H25O4/c16-12-6-1-2-8-14(18)9-3-4-10-15(19)11-5-7-13-17/h17H,1-11,13H2. The van der Waals surface area contributed by atoms with Crippen LogP contribution in [0.2, 0.25) is 0 Å². The summed E-state index contributed by atoms with van der Waals surface area (Å²) in [6.45, 7) is 0.143. The maximum Gasteiger partial charge on any atom is 0.198 e. The Morgan fingerprint density at radius 1 is 0.737 bits per heavy atom. The molecule has 0 unspecified atom stereocenters. The Hall–Kier alpha value is -1.03. The summed E-state index contributed by atoms with van der Waals surface area (Å²) in [4.78, 5) is 32.8. The zero-order valence-electron chi connectivity index (χ0n) is 11.7. The fraction of sp³-hybridized carbons (Fsp3) is 0.800. The third-order valence-electron chi connectivity index (χ3n) is 3.01. The van der Waals surface area contributed by atoms with Crippen molar-refractivity contribution >= 4 is 17.9 Å². The van der Waals surface area contributed by atoms with Gasteiger partial charge in [-0.25, -0.2) is 0 Å². The monoisotopic (exact) mass is 269 g/mol. The van der Waals surface area contributed by atoms with Crippen LogP contribution in [0.4, 0.5) is 0 Å². The fourth-order valence-corrected chi connectivity index (χ4v) is 1.85. The van der Waals surface area contributed by atoms with E-state index in [0.29, 0.717) is 38.5 Å². The number of ketones is 2. The Bertz CT molecular complexity index is 261. The van der Waals surface area contributed by atoms with Crippen molar-refractivity contribution < 1.29 is 19.5 Å². The molecule has 0 rings (SSSR count). The van der Waals surface area contributed by atoms with Gasteiger partial charge in [-0.3, -0.25) is 14.4 Å². The Kier molecular flexibility index (Phi) is 12.7. The molecule has 1 N–H and O–H groups in total. The molecule has 0 bridgehead atoms. The number of hydrogen-bond acceptors (Lipinski definition) is 4. The van der Waals surface area contributed by atoms with Gasteiger partial charge >= 0.3 is 0 Å². The molecule has 0 aliphatic carbocycles. The van der Waals surface area contributed by atoms with Crippen LogP contribution in [-0.2, 0) is 14.4 Å². The zero-order chi connectivity index (χ0) is 14.3. The van der Waals surface area contributed by atoms with Crippen molar-refractivity contribution in [1.29, 1.82) is 0 Å². The lowest BCUT2D eigenvalue weighted by molar-refractivity contribution is -0.121. The van der Waals surface area contributed by atoms with Crippen LogP contribution in [0.25, 0.3) is 0 Å². The third kappa shape index (κ3) is 13.2. The second-order valence-electron chi connectivity index (χ2n) is 4.82. The van der Waals surface area contributed by atoms with Crippen molar-refractivity contribution in [2.75, 3.05) is 6.61 Å². The second kappa shape index (κ2) is 13.4. The number of unbranched alkanes of at least 4 members (excludes halogenated alkanes) is 4. The van der Waals surface area contributed by atoms with E-state index in [9.17, 15) is 14.4 Å². The van der Waals surface area contributed by atoms with E-state index in [1.807, 2.05) is 6.29 Å². The van der Waals surface area contributed by atoms with Crippen LogP contribution in [-0.4, -0.2) is 29.6 Å². The molecule has 4 heteroatoms. The molecule has 0 aromatic heterocycles. The largest absolute Gasteiger partial charge is 0.396 e. The Morgan fingerprint density at radius 2 is 1.16 bits per heavy atom. The number of Topliss-reactive ketones (excluding diaryl/α,β-unsaturated/α-hetero) is 2. The quantitative estimate of drug-likeness (QED) is 0.492. The van der Waals surface area contributed by atoms with E-state index >= 15 is 0 Å². The first kappa shape index (κ1) is 18.0. The van der Waals surface area contributed by atoms with Gasteiger partial charge in [0.25, 0.3) is 0 Å². The van der Waals surface area contributed by atoms with E-state index in [0.717, 1.165) is 32.1 Å². The maximum atomic E-state index is 11.5. The van der Waals surface area contributed by atoms with Crippen molar-refractivity contribution in [3.63, 3.8) is 0 Å². The first-order valence-electron chi connectivity index (χ1n) is 7.20. The molecule has 0 saturated carbocycles. The molecule has 1 radical (unpaired) electrons. The average Bonchev–Trinajstić information content (AvgIpc) is 2.40. The zero-order valence-corrected chi connectivity index (χ0v) is 11.7. The normalized spacial score (nSPS) is 10.4. The van der Waals surface area contributed by atoms with E-state index in [-0.39, 0.29) is 18.2 Å². The van der Waals surface area contributed by atoms with E-state index in [1.165, 1.54) is 0 Å². The SMILES string of the molecule is O=[C]CCCCC(=O)CCCCC(=O)CCCCO. The molecule has 0 aromatic rings. The van der Waals surface area contributed by atoms with Gasteiger partial charge in [0.05, 0.1) is 0 Å². The van der Waals surface area contributed by atoms with Gasteiger partial charge in [0.1, 0.15) is 11.6 Å². The average molecular weight is 269 g/mol. The number of aliphatic hydroxyl groups is 1. The Labute approximate surface area is 115 Å². The molecule has 0 atom stereocenters. The smallest absolute Gasteiger partial charge is 0.198 e. The van der Waals surface area contributed by atoms with Crippen LogP contribution in [0, 0.1) is 0 Å². The molecule has 109 valence electrons. The van der Waals surface area contributed by atoms with Gasteiger partial charge in [0.15, 0.2) is 6.29 Å². The summed E-state index contributed by atoms with van der Waals surface area (Å²) in [6, 6.07) is 0. The van der Waals surface area contributed by atoms with Gasteiger partial charge in [0, 0.05) is 38.7 Å². The number of carbonyl (C=O) groups is 2. The molecule has 0 spiro atoms. The summed E-state index contributed by atoms with van der Waals surface area (Å²) in [5.74, 6) is 0.445. The van der Waals surface area contributed by atoms with Gasteiger partial charge in [-0.05, 0) is 38.5 Å². The molecule has 0 aliphatic rings. The summed E-state index contributed by atoms with van der Waals surface area (Å²) >= 11 is 0. The molecule has 0 amide bonds. The Morgan fingerprint density at radius 3 is 1.58 bits per heavy atom. The highest BCUT2D eigenvalue weighted by Gasteiger charge is 2.04. The second-order valence-corrected chi connectivity index (χ2v) is 4.82. The minimum atomic E-state index is 0.143. The van der Waals surface area contributed by atoms with Crippen molar-refractivity contribution in [2.24, 2.45) is 0 Å². The molecule has 0 aliphatic heterocycles. The molecule has 19 heavy (non-hydrogen) atoms. The van der Waals surface area contributed by atoms with Crippen LogP contribution in [0.15, 0.2) is 0 Å². The van der Waals surface area contributed by atoms with Gasteiger partial charge < -0.3 is 5.11 Å². The van der Waals surface area contributed by atoms with Crippen molar-refractivity contribution in [1.82, 2.24) is 0 Å². The van der Waals surface area contributed by atoms with Crippen LogP contribution < -0.4 is 0 Å². The highest BCUT2D eigenvalue weighted by atomic mass is 16.3. The van der Waals surface area contributed by atoms with Gasteiger partial charge in [-0.2, -0.15) is 0 Å². The number of hydrogen-bond donors (Lipinski definition) is 1. The predicted molar refractivity (Wildman–Crippen MR) is 73.6 cm³/mol. The molecular weight excluding hydrogens is 244 g/mol. The lowest BCUT2D eigenvalue weighted by atomic mass is 10.0. The summed E-state index contributed by atoms with van der Waals surface area (Å²) < 4.78 is 0. The Balaban J connectivity index is 3.34. The third-order valence-corrected chi connectivity index (χ3v) is 3.01. The molecule has 0 fully saturated rings. The van der Waals surface area contributed by atoms with Crippen LogP contribution in [0.3, 0.4) is 0 Å². The minimum Gasteiger partial charge on any atom is -0.396 e. The van der Waals surface area contributed by atoms with E-state index < -0.39 is 0 Å². The van der Waals surface area contributed by atoms with E-state index in [4.69, 9.17) is 5.11 Å². The molecule has 0 saturated heterocycles. The predicted octanol–water partition coefficient (Wildman–Crippen LogP) is 2.52. The van der Waals surface area contributed by atoms with Crippen molar-refractivity contribution in [3.8, 4) is 0 Å². The minimum absolute atomic E-state index is 0.143. The maximum absolute atomic E-state index is 11.5. The first-order chi connectivity index (χ1) is 9.20. The highest BCUT2D eigenvalue weighted by Crippen LogP contribution is 2.08. The number of aliphatic hydroxyl groups excluding tert-OH is 1. The van der Waals surface area contributed by atoms with Gasteiger partial charge in [-0.1, -0.05) is 0 Å². The fourth-order valence-electron chi connectivity index (χ4n) is 1.85. The lowest BCUT2D eigenvalue weighted by Gasteiger charge is -2.01. The summed E-state index contributed by atoms with van der Waals surface area (Å²) in [5, 5.41) is 8.59. The van der Waals surface area contributed by atoms with Crippen LogP contribution in [0.1, 0.15) is 70.6 Å². The summed E-state index contributed by atoms with van der Waals surface area (Å²) in [6.07, 6.45) is 8.84. The van der Waals surface area contributed by atoms with E-state index in [1.54, 1.807) is 0 Å². The van der Waals surface area contributed by atoms with Crippen molar-refractivity contribution in [2.45, 2.75) is 70.6 Å².